The van der Waals surface area contributed by atoms with E-state index in [9.17, 15) is 14.3 Å². The Balaban J connectivity index is 2.07. The summed E-state index contributed by atoms with van der Waals surface area (Å²) < 4.78 is 23.2. The highest BCUT2D eigenvalue weighted by molar-refractivity contribution is 7.52. The van der Waals surface area contributed by atoms with Gasteiger partial charge in [0.15, 0.2) is 17.5 Å². The Hall–Kier alpha value is -2.16. The van der Waals surface area contributed by atoms with E-state index in [2.05, 4.69) is 21.5 Å². The number of aromatic amines is 1. The topological polar surface area (TPSA) is 145 Å². The molecule has 2 rings (SSSR count). The third kappa shape index (κ3) is 4.41. The molecule has 0 bridgehead atoms. The lowest BCUT2D eigenvalue weighted by Gasteiger charge is -2.16. The first-order valence-electron chi connectivity index (χ1n) is 6.69. The monoisotopic (exact) mass is 343 g/mol. The number of hydrogen-bond acceptors (Lipinski definition) is 7. The molecule has 2 heterocycles. The smallest absolute Gasteiger partial charge is 0.365 e. The summed E-state index contributed by atoms with van der Waals surface area (Å²) in [5, 5.41) is 0. The number of H-pyrrole nitrogens is 1. The first-order valence-corrected chi connectivity index (χ1v) is 8.45. The van der Waals surface area contributed by atoms with Gasteiger partial charge in [-0.1, -0.05) is 6.58 Å². The van der Waals surface area contributed by atoms with Crippen LogP contribution < -0.4 is 11.3 Å². The van der Waals surface area contributed by atoms with Crippen LogP contribution in [0.25, 0.3) is 11.2 Å². The highest BCUT2D eigenvalue weighted by Crippen LogP contribution is 2.43. The van der Waals surface area contributed by atoms with Crippen molar-refractivity contribution in [2.45, 2.75) is 26.5 Å². The lowest BCUT2D eigenvalue weighted by atomic mass is 10.5. The number of aromatic nitrogens is 4. The normalized spacial score (nSPS) is 14.1. The van der Waals surface area contributed by atoms with E-state index in [1.165, 1.54) is 10.9 Å². The van der Waals surface area contributed by atoms with Gasteiger partial charge in [-0.25, -0.2) is 4.98 Å². The summed E-state index contributed by atoms with van der Waals surface area (Å²) >= 11 is 0. The van der Waals surface area contributed by atoms with Crippen LogP contribution in [0.1, 0.15) is 13.8 Å². The van der Waals surface area contributed by atoms with E-state index in [1.807, 2.05) is 0 Å². The summed E-state index contributed by atoms with van der Waals surface area (Å²) in [6.07, 6.45) is 0.454. The van der Waals surface area contributed by atoms with E-state index in [1.54, 1.807) is 13.8 Å². The number of anilines is 1. The molecule has 23 heavy (non-hydrogen) atoms. The van der Waals surface area contributed by atoms with E-state index in [4.69, 9.17) is 15.0 Å². The minimum atomic E-state index is -3.85. The number of nitrogens with two attached hydrogens (primary N) is 1. The fourth-order valence-corrected chi connectivity index (χ4v) is 2.92. The molecule has 0 aliphatic carbocycles. The summed E-state index contributed by atoms with van der Waals surface area (Å²) in [7, 11) is -3.85. The number of allylic oxidation sites excluding steroid dienone is 1. The maximum absolute atomic E-state index is 11.7. The minimum absolute atomic E-state index is 0.0408. The molecule has 1 unspecified atom stereocenters. The molecule has 0 aliphatic rings. The van der Waals surface area contributed by atoms with Crippen molar-refractivity contribution in [1.29, 1.82) is 0 Å². The Kier molecular flexibility index (Phi) is 4.88. The van der Waals surface area contributed by atoms with E-state index in [-0.39, 0.29) is 29.4 Å². The van der Waals surface area contributed by atoms with Crippen LogP contribution in [0.3, 0.4) is 0 Å². The summed E-state index contributed by atoms with van der Waals surface area (Å²) in [5.74, 6) is 0.146. The Morgan fingerprint density at radius 1 is 1.61 bits per heavy atom. The molecule has 2 aromatic rings. The van der Waals surface area contributed by atoms with Gasteiger partial charge in [0.2, 0.25) is 5.95 Å². The minimum Gasteiger partial charge on any atom is -0.484 e. The second-order valence-electron chi connectivity index (χ2n) is 5.10. The molecule has 0 saturated carbocycles. The molecule has 4 N–H and O–H groups in total. The number of ether oxygens (including phenoxy) is 1. The van der Waals surface area contributed by atoms with Gasteiger partial charge < -0.3 is 24.5 Å². The van der Waals surface area contributed by atoms with Crippen molar-refractivity contribution in [2.24, 2.45) is 0 Å². The van der Waals surface area contributed by atoms with E-state index < -0.39 is 25.6 Å². The molecule has 0 amide bonds. The standard InChI is InChI=1S/C12H18N5O5P/c1-7(2)22-23(19,20)6-21-8(3)4-17-5-14-9-10(17)15-12(13)16-11(9)18/h5,7H,3-4,6H2,1-2H3,(H,19,20)(H3,13,15,16,18). The molecular formula is C12H18N5O5P. The molecule has 0 radical (unpaired) electrons. The Labute approximate surface area is 131 Å². The summed E-state index contributed by atoms with van der Waals surface area (Å²) in [5.41, 5.74) is 5.44. The third-order valence-corrected chi connectivity index (χ3v) is 3.85. The first kappa shape index (κ1) is 17.2. The van der Waals surface area contributed by atoms with Crippen LogP contribution in [-0.4, -0.2) is 36.9 Å². The van der Waals surface area contributed by atoms with Gasteiger partial charge in [0, 0.05) is 0 Å². The van der Waals surface area contributed by atoms with Crippen molar-refractivity contribution in [3.8, 4) is 0 Å². The maximum Gasteiger partial charge on any atom is 0.365 e. The average Bonchev–Trinajstić information content (AvgIpc) is 2.78. The number of fused-ring (bicyclic) bond motifs is 1. The first-order chi connectivity index (χ1) is 10.7. The van der Waals surface area contributed by atoms with Crippen molar-refractivity contribution in [1.82, 2.24) is 19.5 Å². The van der Waals surface area contributed by atoms with Crippen LogP contribution in [0.5, 0.6) is 0 Å². The van der Waals surface area contributed by atoms with E-state index >= 15 is 0 Å². The molecule has 1 atom stereocenters. The zero-order valence-corrected chi connectivity index (χ0v) is 13.6. The van der Waals surface area contributed by atoms with Crippen molar-refractivity contribution in [3.05, 3.63) is 29.0 Å². The molecule has 126 valence electrons. The van der Waals surface area contributed by atoms with Crippen LogP contribution in [-0.2, 0) is 20.4 Å². The van der Waals surface area contributed by atoms with Crippen molar-refractivity contribution < 1.29 is 18.7 Å². The SMILES string of the molecule is C=C(Cn1cnc2c(=O)[nH]c(N)nc21)OCP(=O)(O)OC(C)C. The molecule has 0 aliphatic heterocycles. The maximum atomic E-state index is 11.7. The zero-order valence-electron chi connectivity index (χ0n) is 12.7. The van der Waals surface area contributed by atoms with Crippen LogP contribution >= 0.6 is 7.60 Å². The quantitative estimate of drug-likeness (QED) is 0.494. The van der Waals surface area contributed by atoms with Gasteiger partial charge in [0.05, 0.1) is 19.0 Å². The number of imidazole rings is 1. The van der Waals surface area contributed by atoms with Crippen molar-refractivity contribution in [2.75, 3.05) is 12.1 Å². The Morgan fingerprint density at radius 3 is 2.96 bits per heavy atom. The lowest BCUT2D eigenvalue weighted by molar-refractivity contribution is 0.163. The molecule has 0 saturated heterocycles. The van der Waals surface area contributed by atoms with Crippen molar-refractivity contribution >= 4 is 24.7 Å². The summed E-state index contributed by atoms with van der Waals surface area (Å²) in [6, 6.07) is 0. The molecule has 2 aromatic heterocycles. The summed E-state index contributed by atoms with van der Waals surface area (Å²) in [6.45, 7) is 7.03. The van der Waals surface area contributed by atoms with Crippen LogP contribution in [0.2, 0.25) is 0 Å². The highest BCUT2D eigenvalue weighted by atomic mass is 31.2. The predicted molar refractivity (Wildman–Crippen MR) is 83.7 cm³/mol. The molecule has 0 aromatic carbocycles. The summed E-state index contributed by atoms with van der Waals surface area (Å²) in [4.78, 5) is 31.5. The molecule has 10 nitrogen and oxygen atoms in total. The van der Waals surface area contributed by atoms with Crippen molar-refractivity contribution in [3.63, 3.8) is 0 Å². The number of hydrogen-bond donors (Lipinski definition) is 3. The largest absolute Gasteiger partial charge is 0.484 e. The second kappa shape index (κ2) is 6.53. The Bertz CT molecular complexity index is 827. The fourth-order valence-electron chi connectivity index (χ4n) is 1.85. The Morgan fingerprint density at radius 2 is 2.30 bits per heavy atom. The second-order valence-corrected chi connectivity index (χ2v) is 6.84. The van der Waals surface area contributed by atoms with Crippen LogP contribution in [0.4, 0.5) is 5.95 Å². The number of nitrogens with zero attached hydrogens (tertiary/aromatic N) is 3. The zero-order chi connectivity index (χ0) is 17.2. The molecule has 0 fully saturated rings. The number of nitrogen functional groups attached to an aromatic ring is 1. The molecule has 0 spiro atoms. The van der Waals surface area contributed by atoms with Gasteiger partial charge in [-0.15, -0.1) is 0 Å². The average molecular weight is 343 g/mol. The van der Waals surface area contributed by atoms with E-state index in [0.717, 1.165) is 0 Å². The van der Waals surface area contributed by atoms with Gasteiger partial charge in [-0.05, 0) is 13.8 Å². The van der Waals surface area contributed by atoms with Crippen LogP contribution in [0.15, 0.2) is 23.5 Å². The molecule has 11 heteroatoms. The fraction of sp³-hybridized carbons (Fsp3) is 0.417. The van der Waals surface area contributed by atoms with Gasteiger partial charge in [-0.3, -0.25) is 14.3 Å². The molecular weight excluding hydrogens is 325 g/mol. The highest BCUT2D eigenvalue weighted by Gasteiger charge is 2.22. The van der Waals surface area contributed by atoms with Gasteiger partial charge in [0.25, 0.3) is 5.56 Å². The van der Waals surface area contributed by atoms with Gasteiger partial charge in [0.1, 0.15) is 5.76 Å². The lowest BCUT2D eigenvalue weighted by Crippen LogP contribution is -2.13. The predicted octanol–water partition coefficient (Wildman–Crippen LogP) is 0.800. The third-order valence-electron chi connectivity index (χ3n) is 2.65. The van der Waals surface area contributed by atoms with Gasteiger partial charge >= 0.3 is 7.60 Å². The van der Waals surface area contributed by atoms with Gasteiger partial charge in [-0.2, -0.15) is 4.98 Å². The number of nitrogens with one attached hydrogen (secondary N) is 1. The van der Waals surface area contributed by atoms with Crippen LogP contribution in [0, 0.1) is 0 Å². The van der Waals surface area contributed by atoms with E-state index in [0.29, 0.717) is 0 Å². The number of rotatable bonds is 7.